The van der Waals surface area contributed by atoms with Crippen LogP contribution in [0.5, 0.6) is 0 Å². The Bertz CT molecular complexity index is 603. The van der Waals surface area contributed by atoms with Crippen molar-refractivity contribution >= 4 is 5.78 Å². The standard InChI is InChI=1S/C22H32O2/c1-4-21-13-14(3)20-17-9-7-16(23)12-15(17)6-8-18(20)19(21)10-11-22(21,24)5-2/h12,17-20,24H,3-11,13H2,1-2H3/t17-,18-,19-,20+,21-,22+/m0/s1. The summed E-state index contributed by atoms with van der Waals surface area (Å²) in [6.45, 7) is 8.97. The zero-order chi connectivity index (χ0) is 17.1. The van der Waals surface area contributed by atoms with E-state index in [9.17, 15) is 9.90 Å². The van der Waals surface area contributed by atoms with Crippen molar-refractivity contribution in [1.82, 2.24) is 0 Å². The third kappa shape index (κ3) is 2.01. The first-order valence-corrected chi connectivity index (χ1v) is 10.1. The highest BCUT2D eigenvalue weighted by molar-refractivity contribution is 5.91. The van der Waals surface area contributed by atoms with E-state index in [2.05, 4.69) is 20.4 Å². The molecule has 4 aliphatic carbocycles. The summed E-state index contributed by atoms with van der Waals surface area (Å²) in [7, 11) is 0. The van der Waals surface area contributed by atoms with Crippen LogP contribution in [0.25, 0.3) is 0 Å². The van der Waals surface area contributed by atoms with E-state index >= 15 is 0 Å². The number of allylic oxidation sites excluding steroid dienone is 2. The van der Waals surface area contributed by atoms with Crippen molar-refractivity contribution in [2.75, 3.05) is 0 Å². The van der Waals surface area contributed by atoms with Crippen LogP contribution in [0, 0.1) is 29.1 Å². The molecule has 0 aliphatic heterocycles. The lowest BCUT2D eigenvalue weighted by molar-refractivity contribution is -0.119. The van der Waals surface area contributed by atoms with E-state index in [1.165, 1.54) is 24.0 Å². The number of hydrogen-bond acceptors (Lipinski definition) is 2. The second-order valence-electron chi connectivity index (χ2n) is 8.93. The highest BCUT2D eigenvalue weighted by Gasteiger charge is 2.63. The second kappa shape index (κ2) is 5.56. The number of carbonyl (C=O) groups is 1. The van der Waals surface area contributed by atoms with Gasteiger partial charge in [0.25, 0.3) is 0 Å². The van der Waals surface area contributed by atoms with E-state index in [1.54, 1.807) is 0 Å². The Morgan fingerprint density at radius 3 is 2.71 bits per heavy atom. The molecule has 6 atom stereocenters. The summed E-state index contributed by atoms with van der Waals surface area (Å²) in [6, 6.07) is 0. The summed E-state index contributed by atoms with van der Waals surface area (Å²) in [5, 5.41) is 11.4. The third-order valence-electron chi connectivity index (χ3n) is 8.44. The first kappa shape index (κ1) is 16.6. The maximum Gasteiger partial charge on any atom is 0.155 e. The van der Waals surface area contributed by atoms with Gasteiger partial charge in [-0.25, -0.2) is 0 Å². The third-order valence-corrected chi connectivity index (χ3v) is 8.44. The van der Waals surface area contributed by atoms with Crippen LogP contribution in [0.3, 0.4) is 0 Å². The molecule has 1 N–H and O–H groups in total. The lowest BCUT2D eigenvalue weighted by atomic mass is 9.48. The zero-order valence-corrected chi connectivity index (χ0v) is 15.3. The van der Waals surface area contributed by atoms with Gasteiger partial charge in [-0.1, -0.05) is 31.6 Å². The highest BCUT2D eigenvalue weighted by Crippen LogP contribution is 2.67. The smallest absolute Gasteiger partial charge is 0.155 e. The minimum absolute atomic E-state index is 0.0473. The van der Waals surface area contributed by atoms with E-state index in [4.69, 9.17) is 0 Å². The number of carbonyl (C=O) groups excluding carboxylic acids is 1. The van der Waals surface area contributed by atoms with Crippen LogP contribution >= 0.6 is 0 Å². The molecule has 4 rings (SSSR count). The molecule has 0 radical (unpaired) electrons. The van der Waals surface area contributed by atoms with Gasteiger partial charge in [0.05, 0.1) is 5.60 Å². The van der Waals surface area contributed by atoms with Crippen LogP contribution < -0.4 is 0 Å². The van der Waals surface area contributed by atoms with E-state index in [0.717, 1.165) is 38.5 Å². The molecule has 3 fully saturated rings. The minimum Gasteiger partial charge on any atom is -0.389 e. The van der Waals surface area contributed by atoms with Crippen LogP contribution in [0.1, 0.15) is 71.6 Å². The Kier molecular flexibility index (Phi) is 3.84. The van der Waals surface area contributed by atoms with Crippen molar-refractivity contribution < 1.29 is 9.90 Å². The predicted molar refractivity (Wildman–Crippen MR) is 96.5 cm³/mol. The fourth-order valence-corrected chi connectivity index (χ4v) is 7.34. The predicted octanol–water partition coefficient (Wildman–Crippen LogP) is 4.83. The van der Waals surface area contributed by atoms with Gasteiger partial charge in [-0.3, -0.25) is 4.79 Å². The first-order valence-electron chi connectivity index (χ1n) is 10.1. The second-order valence-corrected chi connectivity index (χ2v) is 8.93. The van der Waals surface area contributed by atoms with E-state index in [-0.39, 0.29) is 5.41 Å². The van der Waals surface area contributed by atoms with Gasteiger partial charge in [0, 0.05) is 11.8 Å². The van der Waals surface area contributed by atoms with Gasteiger partial charge >= 0.3 is 0 Å². The molecule has 2 heteroatoms. The van der Waals surface area contributed by atoms with Crippen LogP contribution in [-0.2, 0) is 4.79 Å². The minimum atomic E-state index is -0.501. The van der Waals surface area contributed by atoms with Gasteiger partial charge < -0.3 is 5.11 Å². The Morgan fingerprint density at radius 2 is 2.00 bits per heavy atom. The molecule has 4 aliphatic rings. The molecule has 3 saturated carbocycles. The highest BCUT2D eigenvalue weighted by atomic mass is 16.3. The van der Waals surface area contributed by atoms with Crippen molar-refractivity contribution in [2.24, 2.45) is 29.1 Å². The quantitative estimate of drug-likeness (QED) is 0.738. The molecule has 0 unspecified atom stereocenters. The van der Waals surface area contributed by atoms with Crippen LogP contribution in [-0.4, -0.2) is 16.5 Å². The maximum absolute atomic E-state index is 11.8. The van der Waals surface area contributed by atoms with Gasteiger partial charge in [-0.05, 0) is 81.1 Å². The lowest BCUT2D eigenvalue weighted by Gasteiger charge is -2.57. The maximum atomic E-state index is 11.8. The topological polar surface area (TPSA) is 37.3 Å². The molecule has 24 heavy (non-hydrogen) atoms. The van der Waals surface area contributed by atoms with Gasteiger partial charge in [0.2, 0.25) is 0 Å². The summed E-state index contributed by atoms with van der Waals surface area (Å²) in [5.41, 5.74) is 2.32. The van der Waals surface area contributed by atoms with Gasteiger partial charge in [0.15, 0.2) is 5.78 Å². The Morgan fingerprint density at radius 1 is 1.21 bits per heavy atom. The van der Waals surface area contributed by atoms with Crippen LogP contribution in [0.4, 0.5) is 0 Å². The average Bonchev–Trinajstić information content (AvgIpc) is 2.88. The molecule has 0 spiro atoms. The van der Waals surface area contributed by atoms with Crippen molar-refractivity contribution in [2.45, 2.75) is 77.2 Å². The van der Waals surface area contributed by atoms with Crippen molar-refractivity contribution in [3.8, 4) is 0 Å². The van der Waals surface area contributed by atoms with Crippen molar-refractivity contribution in [1.29, 1.82) is 0 Å². The Hall–Kier alpha value is -0.890. The van der Waals surface area contributed by atoms with E-state index in [0.29, 0.717) is 35.9 Å². The molecular formula is C22H32O2. The van der Waals surface area contributed by atoms with Crippen molar-refractivity contribution in [3.63, 3.8) is 0 Å². The molecule has 0 amide bonds. The fourth-order valence-electron chi connectivity index (χ4n) is 7.34. The summed E-state index contributed by atoms with van der Waals surface area (Å²) < 4.78 is 0. The lowest BCUT2D eigenvalue weighted by Crippen LogP contribution is -2.54. The molecular weight excluding hydrogens is 296 g/mol. The zero-order valence-electron chi connectivity index (χ0n) is 15.3. The monoisotopic (exact) mass is 328 g/mol. The number of ketones is 1. The number of fused-ring (bicyclic) bond motifs is 5. The number of rotatable bonds is 2. The van der Waals surface area contributed by atoms with Gasteiger partial charge in [0.1, 0.15) is 0 Å². The van der Waals surface area contributed by atoms with Crippen LogP contribution in [0.2, 0.25) is 0 Å². The SMILES string of the molecule is C=C1C[C@@]2(CC)[C@@H](CC[C@]2(O)CC)[C@@H]2CCC3=CC(=O)CC[C@@H]3[C@@H]12. The molecule has 2 nitrogen and oxygen atoms in total. The molecule has 0 aromatic rings. The van der Waals surface area contributed by atoms with Crippen molar-refractivity contribution in [3.05, 3.63) is 23.8 Å². The van der Waals surface area contributed by atoms with Gasteiger partial charge in [-0.15, -0.1) is 0 Å². The first-order chi connectivity index (χ1) is 11.5. The van der Waals surface area contributed by atoms with Crippen LogP contribution in [0.15, 0.2) is 23.8 Å². The largest absolute Gasteiger partial charge is 0.389 e. The fraction of sp³-hybridized carbons (Fsp3) is 0.773. The number of aliphatic hydroxyl groups is 1. The molecule has 0 bridgehead atoms. The molecule has 0 saturated heterocycles. The molecule has 0 heterocycles. The normalized spacial score (nSPS) is 47.7. The van der Waals surface area contributed by atoms with E-state index < -0.39 is 5.60 Å². The summed E-state index contributed by atoms with van der Waals surface area (Å²) in [6.07, 6.45) is 11.0. The molecule has 132 valence electrons. The van der Waals surface area contributed by atoms with Gasteiger partial charge in [-0.2, -0.15) is 0 Å². The summed E-state index contributed by atoms with van der Waals surface area (Å²) in [5.74, 6) is 2.75. The Balaban J connectivity index is 1.72. The summed E-state index contributed by atoms with van der Waals surface area (Å²) >= 11 is 0. The average molecular weight is 328 g/mol. The Labute approximate surface area is 146 Å². The molecule has 0 aromatic carbocycles. The van der Waals surface area contributed by atoms with E-state index in [1.807, 2.05) is 6.08 Å². The summed E-state index contributed by atoms with van der Waals surface area (Å²) in [4.78, 5) is 11.8. The molecule has 0 aromatic heterocycles. The number of hydrogen-bond donors (Lipinski definition) is 1.